The SMILES string of the molecule is Cc1cc(-n2cnc(C(N)=NO)n2)nc(C)n1. The van der Waals surface area contributed by atoms with Crippen molar-refractivity contribution in [3.63, 3.8) is 0 Å². The molecule has 2 aromatic rings. The largest absolute Gasteiger partial charge is 0.409 e. The summed E-state index contributed by atoms with van der Waals surface area (Å²) in [6.07, 6.45) is 1.44. The van der Waals surface area contributed by atoms with E-state index in [1.165, 1.54) is 11.0 Å². The second-order valence-corrected chi connectivity index (χ2v) is 3.41. The van der Waals surface area contributed by atoms with Gasteiger partial charge in [-0.25, -0.2) is 19.6 Å². The van der Waals surface area contributed by atoms with Crippen LogP contribution in [0.25, 0.3) is 5.82 Å². The fourth-order valence-electron chi connectivity index (χ4n) is 1.35. The molecule has 0 fully saturated rings. The summed E-state index contributed by atoms with van der Waals surface area (Å²) in [5.74, 6) is 1.22. The molecule has 0 spiro atoms. The first-order valence-corrected chi connectivity index (χ1v) is 4.82. The number of oxime groups is 1. The van der Waals surface area contributed by atoms with Gasteiger partial charge in [-0.1, -0.05) is 5.16 Å². The Bertz CT molecular complexity index is 554. The average molecular weight is 233 g/mol. The third kappa shape index (κ3) is 2.19. The van der Waals surface area contributed by atoms with Crippen LogP contribution < -0.4 is 5.73 Å². The summed E-state index contributed by atoms with van der Waals surface area (Å²) in [4.78, 5) is 12.3. The number of aromatic nitrogens is 5. The van der Waals surface area contributed by atoms with E-state index in [-0.39, 0.29) is 11.7 Å². The Hall–Kier alpha value is -2.51. The fourth-order valence-corrected chi connectivity index (χ4v) is 1.35. The lowest BCUT2D eigenvalue weighted by Crippen LogP contribution is -2.15. The van der Waals surface area contributed by atoms with Gasteiger partial charge in [0.25, 0.3) is 0 Å². The van der Waals surface area contributed by atoms with Crippen LogP contribution in [-0.4, -0.2) is 35.8 Å². The molecule has 2 aromatic heterocycles. The standard InChI is InChI=1S/C9H11N7O/c1-5-3-7(13-6(2)12-5)16-4-11-9(14-16)8(10)15-17/h3-4,17H,1-2H3,(H2,10,15). The van der Waals surface area contributed by atoms with Crippen LogP contribution in [0, 0.1) is 13.8 Å². The normalized spacial score (nSPS) is 11.8. The van der Waals surface area contributed by atoms with E-state index in [1.807, 2.05) is 6.92 Å². The topological polar surface area (TPSA) is 115 Å². The van der Waals surface area contributed by atoms with Crippen LogP contribution in [0.5, 0.6) is 0 Å². The second kappa shape index (κ2) is 4.16. The molecular formula is C9H11N7O. The third-order valence-corrected chi connectivity index (χ3v) is 2.02. The summed E-state index contributed by atoms with van der Waals surface area (Å²) in [5, 5.41) is 15.4. The van der Waals surface area contributed by atoms with Crippen LogP contribution >= 0.6 is 0 Å². The van der Waals surface area contributed by atoms with E-state index in [9.17, 15) is 0 Å². The van der Waals surface area contributed by atoms with E-state index in [2.05, 4.69) is 25.2 Å². The second-order valence-electron chi connectivity index (χ2n) is 3.41. The number of amidine groups is 1. The van der Waals surface area contributed by atoms with Crippen molar-refractivity contribution >= 4 is 5.84 Å². The van der Waals surface area contributed by atoms with E-state index >= 15 is 0 Å². The zero-order valence-electron chi connectivity index (χ0n) is 9.36. The molecule has 88 valence electrons. The summed E-state index contributed by atoms with van der Waals surface area (Å²) in [5.41, 5.74) is 6.20. The number of hydrogen-bond acceptors (Lipinski definition) is 6. The molecule has 8 nitrogen and oxygen atoms in total. The van der Waals surface area contributed by atoms with Gasteiger partial charge < -0.3 is 10.9 Å². The Labute approximate surface area is 96.8 Å². The third-order valence-electron chi connectivity index (χ3n) is 2.02. The molecule has 0 aliphatic heterocycles. The van der Waals surface area contributed by atoms with Crippen LogP contribution in [0.4, 0.5) is 0 Å². The summed E-state index contributed by atoms with van der Waals surface area (Å²) in [6.45, 7) is 3.65. The highest BCUT2D eigenvalue weighted by Crippen LogP contribution is 2.05. The maximum Gasteiger partial charge on any atom is 0.220 e. The van der Waals surface area contributed by atoms with Gasteiger partial charge in [0.05, 0.1) is 0 Å². The van der Waals surface area contributed by atoms with Gasteiger partial charge in [0.1, 0.15) is 12.2 Å². The molecule has 0 atom stereocenters. The minimum absolute atomic E-state index is 0.140. The Kier molecular flexibility index (Phi) is 2.69. The number of nitrogens with two attached hydrogens (primary N) is 1. The van der Waals surface area contributed by atoms with Gasteiger partial charge >= 0.3 is 0 Å². The van der Waals surface area contributed by atoms with E-state index in [0.717, 1.165) is 5.69 Å². The quantitative estimate of drug-likeness (QED) is 0.320. The van der Waals surface area contributed by atoms with Gasteiger partial charge in [-0.15, -0.1) is 5.10 Å². The number of hydrogen-bond donors (Lipinski definition) is 2. The van der Waals surface area contributed by atoms with Gasteiger partial charge in [-0.05, 0) is 13.8 Å². The first kappa shape index (κ1) is 11.0. The monoisotopic (exact) mass is 233 g/mol. The molecule has 0 unspecified atom stereocenters. The summed E-state index contributed by atoms with van der Waals surface area (Å²) >= 11 is 0. The van der Waals surface area contributed by atoms with Gasteiger partial charge in [-0.3, -0.25) is 0 Å². The van der Waals surface area contributed by atoms with Crippen LogP contribution in [0.2, 0.25) is 0 Å². The lowest BCUT2D eigenvalue weighted by atomic mass is 10.4. The molecule has 0 aliphatic rings. The number of aryl methyl sites for hydroxylation is 2. The summed E-state index contributed by atoms with van der Waals surface area (Å²) in [6, 6.07) is 1.76. The van der Waals surface area contributed by atoms with Gasteiger partial charge in [-0.2, -0.15) is 0 Å². The van der Waals surface area contributed by atoms with Crippen molar-refractivity contribution in [3.8, 4) is 5.82 Å². The number of nitrogens with zero attached hydrogens (tertiary/aromatic N) is 6. The Morgan fingerprint density at radius 1 is 1.41 bits per heavy atom. The molecule has 0 saturated carbocycles. The molecule has 8 heteroatoms. The van der Waals surface area contributed by atoms with E-state index in [1.54, 1.807) is 13.0 Å². The lowest BCUT2D eigenvalue weighted by molar-refractivity contribution is 0.318. The Morgan fingerprint density at radius 2 is 2.18 bits per heavy atom. The van der Waals surface area contributed by atoms with E-state index in [0.29, 0.717) is 11.6 Å². The molecule has 2 heterocycles. The lowest BCUT2D eigenvalue weighted by Gasteiger charge is -2.01. The van der Waals surface area contributed by atoms with Crippen molar-refractivity contribution in [1.82, 2.24) is 24.7 Å². The van der Waals surface area contributed by atoms with Crippen molar-refractivity contribution < 1.29 is 5.21 Å². The average Bonchev–Trinajstić information content (AvgIpc) is 2.76. The minimum atomic E-state index is -0.147. The Morgan fingerprint density at radius 3 is 2.82 bits per heavy atom. The van der Waals surface area contributed by atoms with Crippen molar-refractivity contribution in [2.24, 2.45) is 10.9 Å². The predicted molar refractivity (Wildman–Crippen MR) is 58.9 cm³/mol. The maximum atomic E-state index is 8.50. The van der Waals surface area contributed by atoms with Crippen LogP contribution in [0.1, 0.15) is 17.3 Å². The zero-order chi connectivity index (χ0) is 12.4. The molecular weight excluding hydrogens is 222 g/mol. The highest BCUT2D eigenvalue weighted by molar-refractivity contribution is 5.93. The first-order chi connectivity index (χ1) is 8.10. The van der Waals surface area contributed by atoms with Crippen molar-refractivity contribution in [1.29, 1.82) is 0 Å². The fraction of sp³-hybridized carbons (Fsp3) is 0.222. The Balaban J connectivity index is 2.43. The molecule has 0 bridgehead atoms. The molecule has 0 aliphatic carbocycles. The number of rotatable bonds is 2. The van der Waals surface area contributed by atoms with Gasteiger partial charge in [0.2, 0.25) is 11.7 Å². The predicted octanol–water partition coefficient (Wildman–Crippen LogP) is -0.231. The highest BCUT2D eigenvalue weighted by Gasteiger charge is 2.08. The van der Waals surface area contributed by atoms with E-state index < -0.39 is 0 Å². The molecule has 0 amide bonds. The maximum absolute atomic E-state index is 8.50. The molecule has 17 heavy (non-hydrogen) atoms. The van der Waals surface area contributed by atoms with Crippen molar-refractivity contribution in [2.75, 3.05) is 0 Å². The molecule has 0 saturated heterocycles. The molecule has 2 rings (SSSR count). The minimum Gasteiger partial charge on any atom is -0.409 e. The zero-order valence-corrected chi connectivity index (χ0v) is 9.36. The first-order valence-electron chi connectivity index (χ1n) is 4.82. The molecule has 0 aromatic carbocycles. The van der Waals surface area contributed by atoms with Crippen molar-refractivity contribution in [2.45, 2.75) is 13.8 Å². The van der Waals surface area contributed by atoms with Crippen LogP contribution in [-0.2, 0) is 0 Å². The smallest absolute Gasteiger partial charge is 0.220 e. The highest BCUT2D eigenvalue weighted by atomic mass is 16.4. The van der Waals surface area contributed by atoms with Gasteiger partial charge in [0.15, 0.2) is 5.82 Å². The summed E-state index contributed by atoms with van der Waals surface area (Å²) < 4.78 is 1.44. The van der Waals surface area contributed by atoms with Gasteiger partial charge in [0, 0.05) is 11.8 Å². The van der Waals surface area contributed by atoms with E-state index in [4.69, 9.17) is 10.9 Å². The molecule has 0 radical (unpaired) electrons. The summed E-state index contributed by atoms with van der Waals surface area (Å²) in [7, 11) is 0. The van der Waals surface area contributed by atoms with Crippen LogP contribution in [0.15, 0.2) is 17.5 Å². The molecule has 3 N–H and O–H groups in total. The van der Waals surface area contributed by atoms with Crippen LogP contribution in [0.3, 0.4) is 0 Å². The van der Waals surface area contributed by atoms with Crippen molar-refractivity contribution in [3.05, 3.63) is 29.7 Å².